The quantitative estimate of drug-likeness (QED) is 0.405. The Balaban J connectivity index is 1.54. The van der Waals surface area contributed by atoms with Gasteiger partial charge in [0.15, 0.2) is 9.90 Å². The minimum atomic E-state index is -0.0326. The van der Waals surface area contributed by atoms with Crippen LogP contribution in [0.25, 0.3) is 0 Å². The molecule has 0 radical (unpaired) electrons. The van der Waals surface area contributed by atoms with Crippen LogP contribution in [-0.2, 0) is 30.6 Å². The zero-order valence-corrected chi connectivity index (χ0v) is 17.4. The van der Waals surface area contributed by atoms with E-state index < -0.39 is 0 Å². The molecule has 6 nitrogen and oxygen atoms in total. The highest BCUT2D eigenvalue weighted by Gasteiger charge is 2.11. The van der Waals surface area contributed by atoms with Gasteiger partial charge in [0.1, 0.15) is 5.82 Å². The molecule has 0 atom stereocenters. The first-order valence-electron chi connectivity index (χ1n) is 9.16. The van der Waals surface area contributed by atoms with E-state index in [1.807, 2.05) is 9.95 Å². The number of allylic oxidation sites excluding steroid dienone is 1. The summed E-state index contributed by atoms with van der Waals surface area (Å²) >= 11 is 6.64. The van der Waals surface area contributed by atoms with Gasteiger partial charge in [-0.3, -0.25) is 14.5 Å². The van der Waals surface area contributed by atoms with E-state index in [9.17, 15) is 4.79 Å². The topological polar surface area (TPSA) is 75.6 Å². The highest BCUT2D eigenvalue weighted by Crippen LogP contribution is 2.18. The second-order valence-corrected chi connectivity index (χ2v) is 7.63. The summed E-state index contributed by atoms with van der Waals surface area (Å²) in [4.78, 5) is 16.7. The van der Waals surface area contributed by atoms with Gasteiger partial charge in [-0.1, -0.05) is 37.3 Å². The smallest absolute Gasteiger partial charge is 0.226 e. The number of nitrogens with one attached hydrogen (secondary N) is 2. The number of aromatic amines is 1. The fourth-order valence-corrected chi connectivity index (χ4v) is 3.74. The van der Waals surface area contributed by atoms with E-state index in [0.29, 0.717) is 35.7 Å². The predicted molar refractivity (Wildman–Crippen MR) is 115 cm³/mol. The summed E-state index contributed by atoms with van der Waals surface area (Å²) in [7, 11) is 0. The number of carbonyl (C=O) groups excluding carboxylic acids is 1. The molecule has 0 saturated heterocycles. The van der Waals surface area contributed by atoms with Crippen molar-refractivity contribution in [2.24, 2.45) is 0 Å². The van der Waals surface area contributed by atoms with Gasteiger partial charge in [-0.15, -0.1) is 17.9 Å². The third-order valence-corrected chi connectivity index (χ3v) is 5.48. The molecule has 1 amide bonds. The van der Waals surface area contributed by atoms with Gasteiger partial charge >= 0.3 is 0 Å². The fraction of sp³-hybridized carbons (Fsp3) is 0.300. The van der Waals surface area contributed by atoms with Gasteiger partial charge in [-0.05, 0) is 36.2 Å². The minimum Gasteiger partial charge on any atom is -0.302 e. The maximum absolute atomic E-state index is 12.2. The first kappa shape index (κ1) is 20.2. The van der Waals surface area contributed by atoms with Gasteiger partial charge in [-0.25, -0.2) is 4.98 Å². The van der Waals surface area contributed by atoms with Crippen molar-refractivity contribution in [1.82, 2.24) is 19.7 Å². The molecule has 0 aliphatic carbocycles. The van der Waals surface area contributed by atoms with Crippen molar-refractivity contribution in [3.63, 3.8) is 0 Å². The third-order valence-electron chi connectivity index (χ3n) is 4.36. The van der Waals surface area contributed by atoms with Crippen molar-refractivity contribution in [3.8, 4) is 0 Å². The Hall–Kier alpha value is -2.58. The first-order valence-corrected chi connectivity index (χ1v) is 10.4. The molecule has 3 rings (SSSR count). The van der Waals surface area contributed by atoms with E-state index in [0.717, 1.165) is 23.5 Å². The zero-order valence-electron chi connectivity index (χ0n) is 15.8. The lowest BCUT2D eigenvalue weighted by atomic mass is 10.1. The maximum atomic E-state index is 12.2. The van der Waals surface area contributed by atoms with Crippen molar-refractivity contribution in [2.75, 3.05) is 5.32 Å². The van der Waals surface area contributed by atoms with Crippen LogP contribution in [0.3, 0.4) is 0 Å². The van der Waals surface area contributed by atoms with Crippen LogP contribution >= 0.6 is 23.6 Å². The minimum absolute atomic E-state index is 0.0326. The summed E-state index contributed by atoms with van der Waals surface area (Å²) in [5.74, 6) is 0.762. The summed E-state index contributed by atoms with van der Waals surface area (Å²) in [6.45, 7) is 6.47. The van der Waals surface area contributed by atoms with Crippen molar-refractivity contribution in [2.45, 2.75) is 39.2 Å². The standard InChI is InChI=1S/C20H23N5OS2/c1-3-11-25-17(23-24-20(25)27)12-16-13-28-19(21-16)22-18(26)10-9-15-7-5-14(4-2)6-8-15/h3,5-8,13H,1,4,9-12H2,2H3,(H,24,27)(H,21,22,26). The molecule has 0 fully saturated rings. The number of H-pyrrole nitrogens is 1. The largest absolute Gasteiger partial charge is 0.302 e. The SMILES string of the molecule is C=CCn1c(Cc2csc(NC(=O)CCc3ccc(CC)cc3)n2)n[nH]c1=S. The number of anilines is 1. The Morgan fingerprint density at radius 3 is 2.82 bits per heavy atom. The third kappa shape index (κ3) is 5.24. The van der Waals surface area contributed by atoms with E-state index in [1.165, 1.54) is 16.9 Å². The van der Waals surface area contributed by atoms with Gasteiger partial charge < -0.3 is 5.32 Å². The number of nitrogens with zero attached hydrogens (tertiary/aromatic N) is 3. The molecule has 3 aromatic rings. The molecule has 2 heterocycles. The van der Waals surface area contributed by atoms with Crippen LogP contribution in [0.5, 0.6) is 0 Å². The molecule has 2 aromatic heterocycles. The van der Waals surface area contributed by atoms with Crippen LogP contribution in [0.15, 0.2) is 42.3 Å². The average Bonchev–Trinajstić information content (AvgIpc) is 3.28. The predicted octanol–water partition coefficient (Wildman–Crippen LogP) is 4.31. The van der Waals surface area contributed by atoms with E-state index in [2.05, 4.69) is 58.3 Å². The van der Waals surface area contributed by atoms with E-state index in [4.69, 9.17) is 12.2 Å². The number of carbonyl (C=O) groups is 1. The van der Waals surface area contributed by atoms with Crippen molar-refractivity contribution in [1.29, 1.82) is 0 Å². The lowest BCUT2D eigenvalue weighted by molar-refractivity contribution is -0.116. The van der Waals surface area contributed by atoms with Crippen molar-refractivity contribution < 1.29 is 4.79 Å². The second kappa shape index (κ2) is 9.57. The number of thiazole rings is 1. The monoisotopic (exact) mass is 413 g/mol. The number of rotatable bonds is 9. The summed E-state index contributed by atoms with van der Waals surface area (Å²) in [6, 6.07) is 8.40. The molecule has 0 aliphatic rings. The van der Waals surface area contributed by atoms with Crippen LogP contribution in [-0.4, -0.2) is 25.7 Å². The van der Waals surface area contributed by atoms with Gasteiger partial charge in [-0.2, -0.15) is 5.10 Å². The molecule has 2 N–H and O–H groups in total. The van der Waals surface area contributed by atoms with Crippen LogP contribution in [0, 0.1) is 4.77 Å². The molecule has 0 bridgehead atoms. The van der Waals surface area contributed by atoms with Crippen LogP contribution in [0.1, 0.15) is 36.0 Å². The van der Waals surface area contributed by atoms with Crippen LogP contribution in [0.4, 0.5) is 5.13 Å². The zero-order chi connectivity index (χ0) is 19.9. The molecular formula is C20H23N5OS2. The molecule has 28 heavy (non-hydrogen) atoms. The highest BCUT2D eigenvalue weighted by atomic mass is 32.1. The summed E-state index contributed by atoms with van der Waals surface area (Å²) in [6.07, 6.45) is 4.48. The van der Waals surface area contributed by atoms with Crippen molar-refractivity contribution in [3.05, 3.63) is 69.7 Å². The Bertz CT molecular complexity index is 1000. The number of aromatic nitrogens is 4. The van der Waals surface area contributed by atoms with Gasteiger partial charge in [0.2, 0.25) is 5.91 Å². The second-order valence-electron chi connectivity index (χ2n) is 6.38. The van der Waals surface area contributed by atoms with E-state index >= 15 is 0 Å². The lowest BCUT2D eigenvalue weighted by Crippen LogP contribution is -2.12. The molecule has 0 spiro atoms. The van der Waals surface area contributed by atoms with Crippen molar-refractivity contribution >= 4 is 34.6 Å². The highest BCUT2D eigenvalue weighted by molar-refractivity contribution is 7.71. The first-order chi connectivity index (χ1) is 13.6. The Morgan fingerprint density at radius 1 is 1.36 bits per heavy atom. The molecule has 0 unspecified atom stereocenters. The number of amides is 1. The van der Waals surface area contributed by atoms with Crippen LogP contribution in [0.2, 0.25) is 0 Å². The number of hydrogen-bond donors (Lipinski definition) is 2. The molecular weight excluding hydrogens is 390 g/mol. The number of aryl methyl sites for hydroxylation is 2. The molecule has 146 valence electrons. The van der Waals surface area contributed by atoms with Gasteiger partial charge in [0.25, 0.3) is 0 Å². The molecule has 8 heteroatoms. The summed E-state index contributed by atoms with van der Waals surface area (Å²) in [5.41, 5.74) is 3.31. The Labute approximate surface area is 173 Å². The lowest BCUT2D eigenvalue weighted by Gasteiger charge is -2.04. The average molecular weight is 414 g/mol. The molecule has 0 saturated carbocycles. The molecule has 0 aliphatic heterocycles. The molecule has 1 aromatic carbocycles. The van der Waals surface area contributed by atoms with E-state index in [-0.39, 0.29) is 5.91 Å². The fourth-order valence-electron chi connectivity index (χ4n) is 2.79. The Morgan fingerprint density at radius 2 is 2.11 bits per heavy atom. The normalized spacial score (nSPS) is 10.8. The van der Waals surface area contributed by atoms with Gasteiger partial charge in [0.05, 0.1) is 12.1 Å². The maximum Gasteiger partial charge on any atom is 0.226 e. The summed E-state index contributed by atoms with van der Waals surface area (Å²) in [5, 5.41) is 12.5. The van der Waals surface area contributed by atoms with E-state index in [1.54, 1.807) is 6.08 Å². The van der Waals surface area contributed by atoms with Crippen LogP contribution < -0.4 is 5.32 Å². The Kier molecular flexibility index (Phi) is 6.89. The number of hydrogen-bond acceptors (Lipinski definition) is 5. The van der Waals surface area contributed by atoms with Gasteiger partial charge in [0, 0.05) is 18.3 Å². The summed E-state index contributed by atoms with van der Waals surface area (Å²) < 4.78 is 2.44. The number of benzene rings is 1.